The zero-order chi connectivity index (χ0) is 28.9. The Morgan fingerprint density at radius 1 is 1.15 bits per heavy atom. The second kappa shape index (κ2) is 13.8. The number of ketones is 3. The number of sulfonamides is 1. The summed E-state index contributed by atoms with van der Waals surface area (Å²) in [6.07, 6.45) is 0.646. The summed E-state index contributed by atoms with van der Waals surface area (Å²) in [5.74, 6) is -3.07. The Morgan fingerprint density at radius 3 is 2.35 bits per heavy atom. The van der Waals surface area contributed by atoms with E-state index in [1.807, 2.05) is 0 Å². The quantitative estimate of drug-likeness (QED) is 0.202. The van der Waals surface area contributed by atoms with E-state index in [0.717, 1.165) is 0 Å². The minimum atomic E-state index is -4.03. The number of hydrogen-bond acceptors (Lipinski definition) is 9. The van der Waals surface area contributed by atoms with Crippen LogP contribution >= 0.6 is 0 Å². The molecule has 11 nitrogen and oxygen atoms in total. The lowest BCUT2D eigenvalue weighted by atomic mass is 9.73. The van der Waals surface area contributed by atoms with Crippen molar-refractivity contribution in [1.82, 2.24) is 0 Å². The van der Waals surface area contributed by atoms with Gasteiger partial charge in [-0.2, -0.15) is 0 Å². The maximum Gasteiger partial charge on any atom is 0.262 e. The van der Waals surface area contributed by atoms with Crippen molar-refractivity contribution in [2.75, 3.05) is 36.9 Å². The Labute approximate surface area is 237 Å². The molecule has 0 fully saturated rings. The van der Waals surface area contributed by atoms with Gasteiger partial charge >= 0.3 is 0 Å². The maximum atomic E-state index is 13.4. The van der Waals surface area contributed by atoms with E-state index >= 15 is 0 Å². The van der Waals surface area contributed by atoms with E-state index < -0.39 is 40.0 Å². The van der Waals surface area contributed by atoms with Gasteiger partial charge in [0.25, 0.3) is 10.0 Å². The van der Waals surface area contributed by atoms with Gasteiger partial charge in [-0.15, -0.1) is 0 Å². The average molecular weight is 583 g/mol. The average Bonchev–Trinajstić information content (AvgIpc) is 2.86. The number of hydrogen-bond donors (Lipinski definition) is 4. The SMILES string of the molecule is CC(=O)CC(=O)C(CO)C(CCO)CC1CC(=O)c2c(O)c(NS(=O)(=O)c3ccccc3)cc(N(C)C)c2C1.O.[HH].[HH]. The van der Waals surface area contributed by atoms with Gasteiger partial charge in [-0.3, -0.25) is 19.1 Å². The molecule has 2 aromatic carbocycles. The fourth-order valence-electron chi connectivity index (χ4n) is 5.34. The first-order valence-electron chi connectivity index (χ1n) is 12.8. The van der Waals surface area contributed by atoms with E-state index in [-0.39, 0.29) is 67.8 Å². The highest BCUT2D eigenvalue weighted by molar-refractivity contribution is 7.92. The normalized spacial score (nSPS) is 16.3. The number of carbonyl (C=O) groups excluding carboxylic acids is 3. The largest absolute Gasteiger partial charge is 0.505 e. The smallest absolute Gasteiger partial charge is 0.262 e. The van der Waals surface area contributed by atoms with Gasteiger partial charge in [-0.1, -0.05) is 18.2 Å². The Balaban J connectivity index is 0.00000560. The van der Waals surface area contributed by atoms with Gasteiger partial charge in [-0.05, 0) is 61.8 Å². The number of aliphatic hydroxyl groups excluding tert-OH is 2. The number of phenols is 1. The predicted molar refractivity (Wildman–Crippen MR) is 154 cm³/mol. The standard InChI is InChI=1S/C28H36N2O8S.H2O.2H2/c1-17(33)11-25(34)22(16-32)19(9-10-31)12-18-13-21-24(30(2)3)15-23(28(36)27(21)26(35)14-18)29-39(37,38)20-7-5-4-6-8-20;;;/h4-8,15,18-19,22,29,31-32,36H,9-14,16H2,1-3H3;1H2;2*1H. The molecule has 2 aromatic rings. The van der Waals surface area contributed by atoms with E-state index in [1.54, 1.807) is 37.2 Å². The van der Waals surface area contributed by atoms with Crippen LogP contribution in [0.2, 0.25) is 0 Å². The Hall–Kier alpha value is -3.32. The number of fused-ring (bicyclic) bond motifs is 1. The third-order valence-corrected chi connectivity index (χ3v) is 8.53. The van der Waals surface area contributed by atoms with Gasteiger partial charge in [-0.25, -0.2) is 8.42 Å². The van der Waals surface area contributed by atoms with Crippen molar-refractivity contribution in [3.05, 3.63) is 47.5 Å². The summed E-state index contributed by atoms with van der Waals surface area (Å²) < 4.78 is 28.2. The van der Waals surface area contributed by atoms with Crippen molar-refractivity contribution in [2.24, 2.45) is 17.8 Å². The van der Waals surface area contributed by atoms with Crippen molar-refractivity contribution in [3.8, 4) is 5.75 Å². The number of anilines is 2. The lowest BCUT2D eigenvalue weighted by molar-refractivity contribution is -0.131. The molecule has 40 heavy (non-hydrogen) atoms. The number of aliphatic hydroxyl groups is 2. The van der Waals surface area contributed by atoms with Gasteiger partial charge in [0.15, 0.2) is 11.5 Å². The minimum absolute atomic E-state index is 0. The molecule has 1 aliphatic rings. The molecular formula is C28H42N2O9S. The van der Waals surface area contributed by atoms with Gasteiger partial charge in [0, 0.05) is 41.6 Å². The first kappa shape index (κ1) is 32.9. The molecule has 0 saturated carbocycles. The van der Waals surface area contributed by atoms with E-state index in [1.165, 1.54) is 25.1 Å². The van der Waals surface area contributed by atoms with Crippen molar-refractivity contribution >= 4 is 38.7 Å². The van der Waals surface area contributed by atoms with Crippen LogP contribution in [-0.2, 0) is 26.0 Å². The minimum Gasteiger partial charge on any atom is -0.505 e. The second-order valence-electron chi connectivity index (χ2n) is 10.3. The summed E-state index contributed by atoms with van der Waals surface area (Å²) in [4.78, 5) is 39.2. The highest BCUT2D eigenvalue weighted by Gasteiger charge is 2.36. The van der Waals surface area contributed by atoms with Gasteiger partial charge in [0.2, 0.25) is 0 Å². The van der Waals surface area contributed by atoms with E-state index in [0.29, 0.717) is 24.1 Å². The number of benzene rings is 2. The maximum absolute atomic E-state index is 13.4. The molecule has 224 valence electrons. The van der Waals surface area contributed by atoms with Crippen LogP contribution in [0.25, 0.3) is 0 Å². The Morgan fingerprint density at radius 2 is 1.80 bits per heavy atom. The molecule has 0 aromatic heterocycles. The summed E-state index contributed by atoms with van der Waals surface area (Å²) in [7, 11) is -0.542. The zero-order valence-corrected chi connectivity index (χ0v) is 23.7. The summed E-state index contributed by atoms with van der Waals surface area (Å²) in [5, 5.41) is 30.6. The summed E-state index contributed by atoms with van der Waals surface area (Å²) in [6, 6.07) is 9.17. The van der Waals surface area contributed by atoms with Crippen LogP contribution in [0.1, 0.15) is 51.4 Å². The number of nitrogens with one attached hydrogen (secondary N) is 1. The first-order valence-corrected chi connectivity index (χ1v) is 14.3. The number of phenolic OH excluding ortho intramolecular Hbond substituents is 1. The molecule has 6 N–H and O–H groups in total. The van der Waals surface area contributed by atoms with Gasteiger partial charge < -0.3 is 25.7 Å². The van der Waals surface area contributed by atoms with Crippen molar-refractivity contribution < 1.29 is 46.5 Å². The first-order chi connectivity index (χ1) is 18.4. The summed E-state index contributed by atoms with van der Waals surface area (Å²) in [6.45, 7) is 0.608. The van der Waals surface area contributed by atoms with Gasteiger partial charge in [0.05, 0.1) is 29.2 Å². The van der Waals surface area contributed by atoms with Crippen molar-refractivity contribution in [3.63, 3.8) is 0 Å². The highest BCUT2D eigenvalue weighted by atomic mass is 32.2. The number of aromatic hydroxyl groups is 1. The molecule has 12 heteroatoms. The summed E-state index contributed by atoms with van der Waals surface area (Å²) in [5.41, 5.74) is 1.05. The molecule has 0 spiro atoms. The molecule has 0 amide bonds. The van der Waals surface area contributed by atoms with Crippen LogP contribution in [0.4, 0.5) is 11.4 Å². The molecular weight excluding hydrogens is 540 g/mol. The number of Topliss-reactive ketones (excluding diaryl/α,β-unsaturated/α-hetero) is 3. The predicted octanol–water partition coefficient (Wildman–Crippen LogP) is 2.22. The van der Waals surface area contributed by atoms with Crippen LogP contribution in [0.3, 0.4) is 0 Å². The van der Waals surface area contributed by atoms with E-state index in [4.69, 9.17) is 0 Å². The van der Waals surface area contributed by atoms with Crippen LogP contribution in [0.15, 0.2) is 41.3 Å². The number of carbonyl (C=O) groups is 3. The van der Waals surface area contributed by atoms with Crippen LogP contribution < -0.4 is 9.62 Å². The molecule has 3 atom stereocenters. The van der Waals surface area contributed by atoms with Crippen molar-refractivity contribution in [1.29, 1.82) is 0 Å². The Bertz CT molecular complexity index is 1340. The van der Waals surface area contributed by atoms with E-state index in [2.05, 4.69) is 4.72 Å². The van der Waals surface area contributed by atoms with Crippen LogP contribution in [0.5, 0.6) is 5.75 Å². The molecule has 1 aliphatic carbocycles. The van der Waals surface area contributed by atoms with Crippen LogP contribution in [-0.4, -0.2) is 73.9 Å². The fraction of sp³-hybridized carbons (Fsp3) is 0.464. The van der Waals surface area contributed by atoms with E-state index in [9.17, 15) is 38.1 Å². The number of rotatable bonds is 13. The second-order valence-corrected chi connectivity index (χ2v) is 12.0. The fourth-order valence-corrected chi connectivity index (χ4v) is 6.42. The lowest BCUT2D eigenvalue weighted by Crippen LogP contribution is -2.33. The van der Waals surface area contributed by atoms with Crippen molar-refractivity contribution in [2.45, 2.75) is 43.9 Å². The van der Waals surface area contributed by atoms with Gasteiger partial charge in [0.1, 0.15) is 11.6 Å². The topological polar surface area (TPSA) is 193 Å². The molecule has 0 aliphatic heterocycles. The molecule has 0 saturated heterocycles. The molecule has 0 bridgehead atoms. The molecule has 0 radical (unpaired) electrons. The highest BCUT2D eigenvalue weighted by Crippen LogP contribution is 2.44. The lowest BCUT2D eigenvalue weighted by Gasteiger charge is -2.33. The third-order valence-electron chi connectivity index (χ3n) is 7.15. The molecule has 3 unspecified atom stereocenters. The zero-order valence-electron chi connectivity index (χ0n) is 22.9. The number of nitrogens with zero attached hydrogens (tertiary/aromatic N) is 1. The molecule has 3 rings (SSSR count). The van der Waals surface area contributed by atoms with Crippen LogP contribution in [0, 0.1) is 17.8 Å². The monoisotopic (exact) mass is 582 g/mol. The third kappa shape index (κ3) is 7.45. The Kier molecular flexibility index (Phi) is 11.4. The summed E-state index contributed by atoms with van der Waals surface area (Å²) >= 11 is 0. The molecule has 0 heterocycles.